The molecule has 3 rings (SSSR count). The Balaban J connectivity index is 1.92. The third kappa shape index (κ3) is 2.75. The molecule has 0 spiro atoms. The molecule has 1 aliphatic heterocycles. The highest BCUT2D eigenvalue weighted by Gasteiger charge is 2.27. The number of likely N-dealkylation sites (N-methyl/N-ethyl adjacent to an activating group) is 1. The second kappa shape index (κ2) is 5.76. The fraction of sp³-hybridized carbons (Fsp3) is 0.0667. The molecule has 0 bridgehead atoms. The quantitative estimate of drug-likeness (QED) is 0.656. The number of carbonyl (C=O) groups excluding carboxylic acids is 1. The highest BCUT2D eigenvalue weighted by molar-refractivity contribution is 7.80. The largest absolute Gasteiger partial charge is 0.457 e. The number of halogens is 2. The molecule has 0 atom stereocenters. The Bertz CT molecular complexity index is 814. The van der Waals surface area contributed by atoms with E-state index in [1.54, 1.807) is 43.5 Å². The van der Waals surface area contributed by atoms with Gasteiger partial charge in [0.1, 0.15) is 17.2 Å². The number of amides is 1. The monoisotopic (exact) mass is 352 g/mol. The van der Waals surface area contributed by atoms with E-state index in [2.05, 4.69) is 5.32 Å². The summed E-state index contributed by atoms with van der Waals surface area (Å²) in [5.41, 5.74) is 1.10. The van der Waals surface area contributed by atoms with Gasteiger partial charge in [0.05, 0.1) is 5.02 Å². The fourth-order valence-electron chi connectivity index (χ4n) is 2.03. The summed E-state index contributed by atoms with van der Waals surface area (Å²) < 4.78 is 5.71. The first-order chi connectivity index (χ1) is 10.5. The van der Waals surface area contributed by atoms with Gasteiger partial charge in [0, 0.05) is 23.7 Å². The van der Waals surface area contributed by atoms with Crippen LogP contribution in [0.5, 0.6) is 0 Å². The Hall–Kier alpha value is -1.82. The van der Waals surface area contributed by atoms with Crippen LogP contribution in [-0.4, -0.2) is 23.0 Å². The Morgan fingerprint density at radius 2 is 2.05 bits per heavy atom. The maximum Gasteiger partial charge on any atom is 0.276 e. The number of furan rings is 1. The normalized spacial score (nSPS) is 16.5. The average Bonchev–Trinajstić information content (AvgIpc) is 3.01. The molecular formula is C15H10Cl2N2O2S. The molecule has 112 valence electrons. The van der Waals surface area contributed by atoms with Gasteiger partial charge in [-0.05, 0) is 42.5 Å². The Kier molecular flexibility index (Phi) is 3.95. The minimum Gasteiger partial charge on any atom is -0.457 e. The molecule has 4 nitrogen and oxygen atoms in total. The van der Waals surface area contributed by atoms with Crippen molar-refractivity contribution in [1.29, 1.82) is 0 Å². The predicted molar refractivity (Wildman–Crippen MR) is 90.6 cm³/mol. The maximum absolute atomic E-state index is 11.9. The van der Waals surface area contributed by atoms with Crippen molar-refractivity contribution in [1.82, 2.24) is 10.2 Å². The molecule has 2 aromatic rings. The fourth-order valence-corrected chi connectivity index (χ4v) is 2.72. The third-order valence-electron chi connectivity index (χ3n) is 3.19. The highest BCUT2D eigenvalue weighted by atomic mass is 35.5. The van der Waals surface area contributed by atoms with Crippen LogP contribution in [0.2, 0.25) is 10.0 Å². The first kappa shape index (κ1) is 15.1. The second-order valence-corrected chi connectivity index (χ2v) is 5.91. The van der Waals surface area contributed by atoms with Crippen molar-refractivity contribution in [3.8, 4) is 11.3 Å². The van der Waals surface area contributed by atoms with E-state index in [0.717, 1.165) is 5.56 Å². The maximum atomic E-state index is 11.9. The van der Waals surface area contributed by atoms with Gasteiger partial charge in [0.15, 0.2) is 5.11 Å². The Labute approximate surface area is 142 Å². The van der Waals surface area contributed by atoms with Crippen molar-refractivity contribution in [2.45, 2.75) is 0 Å². The van der Waals surface area contributed by atoms with E-state index in [0.29, 0.717) is 32.4 Å². The van der Waals surface area contributed by atoms with Crippen molar-refractivity contribution in [3.05, 3.63) is 51.8 Å². The van der Waals surface area contributed by atoms with Crippen molar-refractivity contribution in [2.75, 3.05) is 7.05 Å². The molecule has 1 aliphatic rings. The second-order valence-electron chi connectivity index (χ2n) is 4.68. The van der Waals surface area contributed by atoms with Gasteiger partial charge >= 0.3 is 0 Å². The first-order valence-electron chi connectivity index (χ1n) is 6.31. The summed E-state index contributed by atoms with van der Waals surface area (Å²) >= 11 is 17.0. The molecule has 1 amide bonds. The van der Waals surface area contributed by atoms with Gasteiger partial charge in [-0.1, -0.05) is 23.2 Å². The lowest BCUT2D eigenvalue weighted by Gasteiger charge is -2.02. The molecule has 1 aromatic carbocycles. The van der Waals surface area contributed by atoms with Crippen LogP contribution in [0.3, 0.4) is 0 Å². The molecule has 0 aliphatic carbocycles. The molecule has 0 unspecified atom stereocenters. The third-order valence-corrected chi connectivity index (χ3v) is 4.11. The SMILES string of the molecule is CN1C(=O)C(=Cc2ccc(-c3ccc(Cl)cc3Cl)o2)NC1=S. The lowest BCUT2D eigenvalue weighted by atomic mass is 10.2. The number of nitrogens with zero attached hydrogens (tertiary/aromatic N) is 1. The number of nitrogens with one attached hydrogen (secondary N) is 1. The highest BCUT2D eigenvalue weighted by Crippen LogP contribution is 2.32. The van der Waals surface area contributed by atoms with Crippen LogP contribution in [-0.2, 0) is 4.79 Å². The van der Waals surface area contributed by atoms with E-state index in [-0.39, 0.29) is 5.91 Å². The van der Waals surface area contributed by atoms with Crippen molar-refractivity contribution < 1.29 is 9.21 Å². The van der Waals surface area contributed by atoms with Crippen LogP contribution >= 0.6 is 35.4 Å². The molecule has 1 saturated heterocycles. The molecule has 1 aromatic heterocycles. The number of benzene rings is 1. The molecule has 22 heavy (non-hydrogen) atoms. The smallest absolute Gasteiger partial charge is 0.276 e. The Morgan fingerprint density at radius 1 is 1.27 bits per heavy atom. The molecule has 0 saturated carbocycles. The molecule has 0 radical (unpaired) electrons. The molecule has 7 heteroatoms. The summed E-state index contributed by atoms with van der Waals surface area (Å²) in [6.45, 7) is 0. The van der Waals surface area contributed by atoms with Gasteiger partial charge in [0.2, 0.25) is 0 Å². The minimum atomic E-state index is -0.201. The zero-order chi connectivity index (χ0) is 15.9. The number of hydrogen-bond acceptors (Lipinski definition) is 3. The van der Waals surface area contributed by atoms with Crippen molar-refractivity contribution >= 4 is 52.5 Å². The van der Waals surface area contributed by atoms with Crippen LogP contribution in [0.25, 0.3) is 17.4 Å². The standard InChI is InChI=1S/C15H10Cl2N2O2S/c1-19-14(20)12(18-15(19)22)7-9-3-5-13(21-9)10-4-2-8(16)6-11(10)17/h2-7H,1H3,(H,18,22). The van der Waals surface area contributed by atoms with Crippen LogP contribution in [0.4, 0.5) is 0 Å². The van der Waals surface area contributed by atoms with Gasteiger partial charge in [-0.2, -0.15) is 0 Å². The number of hydrogen-bond donors (Lipinski definition) is 1. The summed E-state index contributed by atoms with van der Waals surface area (Å²) in [6.07, 6.45) is 1.60. The first-order valence-corrected chi connectivity index (χ1v) is 7.48. The van der Waals surface area contributed by atoms with Crippen molar-refractivity contribution in [3.63, 3.8) is 0 Å². The summed E-state index contributed by atoms with van der Waals surface area (Å²) in [4.78, 5) is 13.3. The number of thiocarbonyl (C=S) groups is 1. The Morgan fingerprint density at radius 3 is 2.68 bits per heavy atom. The predicted octanol–water partition coefficient (Wildman–Crippen LogP) is 3.94. The van der Waals surface area contributed by atoms with Gasteiger partial charge in [-0.25, -0.2) is 0 Å². The van der Waals surface area contributed by atoms with E-state index in [9.17, 15) is 4.79 Å². The van der Waals surface area contributed by atoms with E-state index in [4.69, 9.17) is 39.8 Å². The molecule has 1 N–H and O–H groups in total. The summed E-state index contributed by atoms with van der Waals surface area (Å²) in [5.74, 6) is 0.914. The molecular weight excluding hydrogens is 343 g/mol. The summed E-state index contributed by atoms with van der Waals surface area (Å²) in [6, 6.07) is 8.70. The van der Waals surface area contributed by atoms with E-state index < -0.39 is 0 Å². The number of rotatable bonds is 2. The van der Waals surface area contributed by atoms with Crippen LogP contribution < -0.4 is 5.32 Å². The van der Waals surface area contributed by atoms with Crippen molar-refractivity contribution in [2.24, 2.45) is 0 Å². The van der Waals surface area contributed by atoms with E-state index >= 15 is 0 Å². The zero-order valence-corrected chi connectivity index (χ0v) is 13.7. The average molecular weight is 353 g/mol. The lowest BCUT2D eigenvalue weighted by molar-refractivity contribution is -0.121. The van der Waals surface area contributed by atoms with Gasteiger partial charge < -0.3 is 9.73 Å². The lowest BCUT2D eigenvalue weighted by Crippen LogP contribution is -2.25. The van der Waals surface area contributed by atoms with E-state index in [1.807, 2.05) is 0 Å². The summed E-state index contributed by atoms with van der Waals surface area (Å²) in [7, 11) is 1.61. The van der Waals surface area contributed by atoms with Gasteiger partial charge in [-0.15, -0.1) is 0 Å². The van der Waals surface area contributed by atoms with Gasteiger partial charge in [-0.3, -0.25) is 9.69 Å². The summed E-state index contributed by atoms with van der Waals surface area (Å²) in [5, 5.41) is 4.25. The van der Waals surface area contributed by atoms with Gasteiger partial charge in [0.25, 0.3) is 5.91 Å². The van der Waals surface area contributed by atoms with E-state index in [1.165, 1.54) is 4.90 Å². The van der Waals surface area contributed by atoms with Crippen LogP contribution in [0.15, 0.2) is 40.4 Å². The zero-order valence-electron chi connectivity index (χ0n) is 11.4. The topological polar surface area (TPSA) is 45.5 Å². The van der Waals surface area contributed by atoms with Crippen LogP contribution in [0.1, 0.15) is 5.76 Å². The minimum absolute atomic E-state index is 0.201. The number of carbonyl (C=O) groups is 1. The molecule has 1 fully saturated rings. The molecule has 2 heterocycles. The van der Waals surface area contributed by atoms with Crippen LogP contribution in [0, 0.1) is 0 Å².